The molecule has 1 heterocycles. The van der Waals surface area contributed by atoms with E-state index in [0.717, 1.165) is 6.07 Å². The Balaban J connectivity index is 2.27. The van der Waals surface area contributed by atoms with Crippen molar-refractivity contribution in [2.24, 2.45) is 0 Å². The fourth-order valence-electron chi connectivity index (χ4n) is 1.30. The molecule has 3 N–H and O–H groups in total. The standard InChI is InChI=1S/C11H8F2N4O/c12-8-2-9(13)10(14)1-7(8)11(18)17-6-3-15-5-16-4-6/h1-5H,14H2,(H,17,18). The number of hydrogen-bond donors (Lipinski definition) is 2. The van der Waals surface area contributed by atoms with E-state index >= 15 is 0 Å². The second-order valence-electron chi connectivity index (χ2n) is 3.43. The summed E-state index contributed by atoms with van der Waals surface area (Å²) in [6, 6.07) is 1.50. The van der Waals surface area contributed by atoms with Crippen LogP contribution in [0.15, 0.2) is 30.9 Å². The van der Waals surface area contributed by atoms with E-state index in [2.05, 4.69) is 15.3 Å². The van der Waals surface area contributed by atoms with Crippen LogP contribution in [-0.4, -0.2) is 15.9 Å². The molecule has 0 bridgehead atoms. The third-order valence-electron chi connectivity index (χ3n) is 2.15. The molecule has 0 atom stereocenters. The average Bonchev–Trinajstić information content (AvgIpc) is 2.35. The van der Waals surface area contributed by atoms with E-state index in [-0.39, 0.29) is 11.3 Å². The molecule has 1 amide bonds. The second-order valence-corrected chi connectivity index (χ2v) is 3.43. The van der Waals surface area contributed by atoms with Gasteiger partial charge >= 0.3 is 0 Å². The van der Waals surface area contributed by atoms with E-state index in [1.54, 1.807) is 0 Å². The summed E-state index contributed by atoms with van der Waals surface area (Å²) in [4.78, 5) is 19.1. The maximum absolute atomic E-state index is 13.4. The molecule has 1 aromatic carbocycles. The van der Waals surface area contributed by atoms with Crippen molar-refractivity contribution in [3.8, 4) is 0 Å². The Labute approximate surface area is 101 Å². The number of carbonyl (C=O) groups excluding carboxylic acids is 1. The molecule has 0 aliphatic rings. The number of amides is 1. The zero-order chi connectivity index (χ0) is 13.1. The van der Waals surface area contributed by atoms with Crippen LogP contribution < -0.4 is 11.1 Å². The minimum absolute atomic E-state index is 0.296. The van der Waals surface area contributed by atoms with Gasteiger partial charge < -0.3 is 11.1 Å². The fourth-order valence-corrected chi connectivity index (χ4v) is 1.30. The van der Waals surface area contributed by atoms with Crippen molar-refractivity contribution in [2.45, 2.75) is 0 Å². The molecule has 0 unspecified atom stereocenters. The number of hydrogen-bond acceptors (Lipinski definition) is 4. The van der Waals surface area contributed by atoms with E-state index < -0.39 is 17.5 Å². The molecule has 18 heavy (non-hydrogen) atoms. The number of rotatable bonds is 2. The first kappa shape index (κ1) is 11.9. The predicted octanol–water partition coefficient (Wildman–Crippen LogP) is 1.59. The topological polar surface area (TPSA) is 80.9 Å². The van der Waals surface area contributed by atoms with Gasteiger partial charge in [-0.05, 0) is 6.07 Å². The Hall–Kier alpha value is -2.57. The maximum Gasteiger partial charge on any atom is 0.258 e. The van der Waals surface area contributed by atoms with E-state index in [9.17, 15) is 13.6 Å². The molecule has 92 valence electrons. The molecular formula is C11H8F2N4O. The minimum atomic E-state index is -0.990. The summed E-state index contributed by atoms with van der Waals surface area (Å²) < 4.78 is 26.3. The summed E-state index contributed by atoms with van der Waals surface area (Å²) in [5.41, 5.74) is 4.92. The maximum atomic E-state index is 13.4. The lowest BCUT2D eigenvalue weighted by atomic mass is 10.1. The summed E-state index contributed by atoms with van der Waals surface area (Å²) >= 11 is 0. The van der Waals surface area contributed by atoms with Gasteiger partial charge in [0.05, 0.1) is 29.3 Å². The van der Waals surface area contributed by atoms with Crippen LogP contribution in [0, 0.1) is 11.6 Å². The van der Waals surface area contributed by atoms with Crippen molar-refractivity contribution in [1.82, 2.24) is 9.97 Å². The summed E-state index contributed by atoms with van der Waals surface area (Å²) in [5, 5.41) is 2.36. The van der Waals surface area contributed by atoms with Gasteiger partial charge in [-0.3, -0.25) is 4.79 Å². The zero-order valence-electron chi connectivity index (χ0n) is 9.02. The summed E-state index contributed by atoms with van der Waals surface area (Å²) in [6.45, 7) is 0. The van der Waals surface area contributed by atoms with Crippen molar-refractivity contribution in [3.05, 3.63) is 48.1 Å². The molecule has 0 radical (unpaired) electrons. The molecule has 0 aliphatic heterocycles. The number of anilines is 2. The quantitative estimate of drug-likeness (QED) is 0.793. The molecule has 0 saturated carbocycles. The molecule has 2 aromatic rings. The van der Waals surface area contributed by atoms with E-state index in [1.165, 1.54) is 18.7 Å². The molecule has 5 nitrogen and oxygen atoms in total. The normalized spacial score (nSPS) is 10.1. The average molecular weight is 250 g/mol. The number of halogens is 2. The number of benzene rings is 1. The highest BCUT2D eigenvalue weighted by molar-refractivity contribution is 6.04. The van der Waals surface area contributed by atoms with Crippen LogP contribution in [0.3, 0.4) is 0 Å². The summed E-state index contributed by atoms with van der Waals surface area (Å²) in [6.07, 6.45) is 3.97. The smallest absolute Gasteiger partial charge is 0.258 e. The van der Waals surface area contributed by atoms with Crippen LogP contribution in [0.4, 0.5) is 20.2 Å². The van der Waals surface area contributed by atoms with Gasteiger partial charge in [0.1, 0.15) is 18.0 Å². The van der Waals surface area contributed by atoms with Gasteiger partial charge in [0.25, 0.3) is 5.91 Å². The van der Waals surface area contributed by atoms with Crippen molar-refractivity contribution in [3.63, 3.8) is 0 Å². The van der Waals surface area contributed by atoms with Gasteiger partial charge in [-0.25, -0.2) is 18.7 Å². The van der Waals surface area contributed by atoms with Gasteiger partial charge in [-0.15, -0.1) is 0 Å². The molecule has 0 aliphatic carbocycles. The molecule has 1 aromatic heterocycles. The molecule has 0 spiro atoms. The third kappa shape index (κ3) is 2.40. The predicted molar refractivity (Wildman–Crippen MR) is 60.8 cm³/mol. The zero-order valence-corrected chi connectivity index (χ0v) is 9.02. The van der Waals surface area contributed by atoms with Gasteiger partial charge in [0, 0.05) is 6.07 Å². The Morgan fingerprint density at radius 2 is 1.83 bits per heavy atom. The number of aromatic nitrogens is 2. The fraction of sp³-hybridized carbons (Fsp3) is 0. The number of nitrogens with two attached hydrogens (primary N) is 1. The molecule has 2 rings (SSSR count). The van der Waals surface area contributed by atoms with Gasteiger partial charge in [0.2, 0.25) is 0 Å². The molecule has 0 saturated heterocycles. The van der Waals surface area contributed by atoms with E-state index in [1.807, 2.05) is 0 Å². The van der Waals surface area contributed by atoms with Gasteiger partial charge in [0.15, 0.2) is 0 Å². The van der Waals surface area contributed by atoms with Gasteiger partial charge in [-0.2, -0.15) is 0 Å². The Kier molecular flexibility index (Phi) is 3.13. The van der Waals surface area contributed by atoms with E-state index in [0.29, 0.717) is 11.8 Å². The molecule has 0 fully saturated rings. The highest BCUT2D eigenvalue weighted by Gasteiger charge is 2.15. The van der Waals surface area contributed by atoms with Crippen LogP contribution in [0.25, 0.3) is 0 Å². The highest BCUT2D eigenvalue weighted by atomic mass is 19.1. The minimum Gasteiger partial charge on any atom is -0.396 e. The van der Waals surface area contributed by atoms with Crippen molar-refractivity contribution < 1.29 is 13.6 Å². The monoisotopic (exact) mass is 250 g/mol. The number of carbonyl (C=O) groups is 1. The number of nitrogens with zero attached hydrogens (tertiary/aromatic N) is 2. The molecular weight excluding hydrogens is 242 g/mol. The summed E-state index contributed by atoms with van der Waals surface area (Å²) in [5.74, 6) is -2.66. The third-order valence-corrected chi connectivity index (χ3v) is 2.15. The van der Waals surface area contributed by atoms with Crippen LogP contribution in [0.1, 0.15) is 10.4 Å². The Bertz CT molecular complexity index is 589. The van der Waals surface area contributed by atoms with Crippen LogP contribution in [0.5, 0.6) is 0 Å². The number of nitrogens with one attached hydrogen (secondary N) is 1. The van der Waals surface area contributed by atoms with Crippen molar-refractivity contribution in [1.29, 1.82) is 0 Å². The first-order valence-corrected chi connectivity index (χ1v) is 4.89. The number of nitrogen functional groups attached to an aromatic ring is 1. The van der Waals surface area contributed by atoms with Crippen molar-refractivity contribution in [2.75, 3.05) is 11.1 Å². The SMILES string of the molecule is Nc1cc(C(=O)Nc2cncnc2)c(F)cc1F. The van der Waals surface area contributed by atoms with Crippen LogP contribution in [0.2, 0.25) is 0 Å². The van der Waals surface area contributed by atoms with Gasteiger partial charge in [-0.1, -0.05) is 0 Å². The first-order chi connectivity index (χ1) is 8.58. The Morgan fingerprint density at radius 1 is 1.17 bits per heavy atom. The van der Waals surface area contributed by atoms with Crippen LogP contribution in [-0.2, 0) is 0 Å². The Morgan fingerprint density at radius 3 is 2.50 bits per heavy atom. The lowest BCUT2D eigenvalue weighted by Crippen LogP contribution is -2.15. The largest absolute Gasteiger partial charge is 0.396 e. The lowest BCUT2D eigenvalue weighted by Gasteiger charge is -2.06. The van der Waals surface area contributed by atoms with E-state index in [4.69, 9.17) is 5.73 Å². The highest BCUT2D eigenvalue weighted by Crippen LogP contribution is 2.17. The van der Waals surface area contributed by atoms with Crippen molar-refractivity contribution >= 4 is 17.3 Å². The first-order valence-electron chi connectivity index (χ1n) is 4.89. The van der Waals surface area contributed by atoms with Crippen LogP contribution >= 0.6 is 0 Å². The lowest BCUT2D eigenvalue weighted by molar-refractivity contribution is 0.102. The summed E-state index contributed by atoms with van der Waals surface area (Å²) in [7, 11) is 0. The second kappa shape index (κ2) is 4.74. The molecule has 7 heteroatoms.